The molecule has 2 aliphatic rings. The van der Waals surface area contributed by atoms with Gasteiger partial charge in [0.2, 0.25) is 6.29 Å². The number of hydrogen-bond acceptors (Lipinski definition) is 14. The number of anilines is 2. The second-order valence-corrected chi connectivity index (χ2v) is 19.8. The van der Waals surface area contributed by atoms with Gasteiger partial charge in [0.05, 0.1) is 12.1 Å². The molecule has 75 heavy (non-hydrogen) atoms. The lowest BCUT2D eigenvalue weighted by Crippen LogP contribution is -2.43. The Bertz CT molecular complexity index is 3050. The Kier molecular flexibility index (Phi) is 18.5. The number of amides is 5. The molecule has 5 amide bonds. The molecule has 2 atom stereocenters. The van der Waals surface area contributed by atoms with E-state index in [1.54, 1.807) is 111 Å². The number of imidazole rings is 2. The number of nitrogens with zero attached hydrogens (tertiary/aromatic N) is 7. The van der Waals surface area contributed by atoms with Crippen molar-refractivity contribution in [3.05, 3.63) is 128 Å². The molecule has 0 unspecified atom stereocenters. The van der Waals surface area contributed by atoms with E-state index in [0.717, 1.165) is 52.3 Å². The molecule has 0 spiro atoms. The van der Waals surface area contributed by atoms with E-state index in [0.29, 0.717) is 64.2 Å². The number of nitrogens with one attached hydrogen (secondary N) is 3. The topological polar surface area (TPSA) is 316 Å². The summed E-state index contributed by atoms with van der Waals surface area (Å²) in [4.78, 5) is 90.5. The Hall–Kier alpha value is -7.71. The molecule has 11 N–H and O–H groups in total. The quantitative estimate of drug-likeness (QED) is 0.0514. The number of carbonyl (C=O) groups is 6. The minimum Gasteiger partial charge on any atom is -0.444 e. The van der Waals surface area contributed by atoms with Crippen molar-refractivity contribution in [1.82, 2.24) is 39.5 Å². The maximum Gasteiger partial charge on any atom is 0.446 e. The van der Waals surface area contributed by atoms with E-state index in [-0.39, 0.29) is 34.9 Å². The number of pyridine rings is 2. The Balaban J connectivity index is 0.000000223. The number of nitrogen functional groups attached to an aromatic ring is 2. The zero-order valence-corrected chi connectivity index (χ0v) is 43.8. The predicted octanol–water partition coefficient (Wildman–Crippen LogP) is 7.57. The normalized spacial score (nSPS) is 15.5. The summed E-state index contributed by atoms with van der Waals surface area (Å²) in [6.07, 6.45) is 2.31. The second-order valence-electron chi connectivity index (χ2n) is 17.9. The second kappa shape index (κ2) is 24.5. The molecule has 0 bridgehead atoms. The lowest BCUT2D eigenvalue weighted by molar-refractivity contribution is -0.156. The molecule has 2 saturated heterocycles. The van der Waals surface area contributed by atoms with E-state index >= 15 is 0 Å². The number of aldehydes is 1. The summed E-state index contributed by atoms with van der Waals surface area (Å²) in [5, 5.41) is 8.85. The number of benzene rings is 2. The lowest BCUT2D eigenvalue weighted by Gasteiger charge is -2.36. The molecular formula is C49H53Br2F3N14O7. The van der Waals surface area contributed by atoms with Crippen molar-refractivity contribution in [2.75, 3.05) is 35.4 Å². The van der Waals surface area contributed by atoms with Gasteiger partial charge in [0.15, 0.2) is 17.2 Å². The first-order valence-electron chi connectivity index (χ1n) is 23.1. The zero-order chi connectivity index (χ0) is 54.8. The largest absolute Gasteiger partial charge is 0.446 e. The molecule has 26 heteroatoms. The Morgan fingerprint density at radius 3 is 1.57 bits per heavy atom. The summed E-state index contributed by atoms with van der Waals surface area (Å²) in [5.41, 5.74) is 13.4. The van der Waals surface area contributed by atoms with E-state index in [1.807, 2.05) is 0 Å². The number of aromatic nitrogens is 6. The van der Waals surface area contributed by atoms with Gasteiger partial charge in [-0.2, -0.15) is 13.2 Å². The summed E-state index contributed by atoms with van der Waals surface area (Å²) >= 11 is 6.69. The molecule has 21 nitrogen and oxygen atoms in total. The first-order chi connectivity index (χ1) is 35.4. The fourth-order valence-electron chi connectivity index (χ4n) is 7.95. The van der Waals surface area contributed by atoms with Crippen LogP contribution in [0.2, 0.25) is 0 Å². The van der Waals surface area contributed by atoms with Crippen LogP contribution in [-0.4, -0.2) is 95.1 Å². The van der Waals surface area contributed by atoms with Crippen LogP contribution in [0.25, 0.3) is 22.5 Å². The molecule has 0 radical (unpaired) electrons. The van der Waals surface area contributed by atoms with Gasteiger partial charge in [0, 0.05) is 50.1 Å². The smallest absolute Gasteiger partial charge is 0.444 e. The van der Waals surface area contributed by atoms with Crippen molar-refractivity contribution in [2.24, 2.45) is 11.5 Å². The number of piperidine rings is 2. The predicted molar refractivity (Wildman–Crippen MR) is 279 cm³/mol. The van der Waals surface area contributed by atoms with Crippen LogP contribution in [0.15, 0.2) is 94.1 Å². The molecule has 396 valence electrons. The molecule has 2 fully saturated rings. The molecule has 0 aliphatic carbocycles. The number of likely N-dealkylation sites (tertiary alicyclic amines) is 1. The highest BCUT2D eigenvalue weighted by Gasteiger charge is 2.36. The Labute approximate surface area is 444 Å². The Morgan fingerprint density at radius 2 is 1.16 bits per heavy atom. The molecule has 2 aromatic carbocycles. The molecule has 6 heterocycles. The first-order valence-corrected chi connectivity index (χ1v) is 24.7. The molecule has 4 aromatic heterocycles. The third-order valence-corrected chi connectivity index (χ3v) is 12.3. The van der Waals surface area contributed by atoms with Crippen LogP contribution in [0, 0.1) is 0 Å². The molecular weight excluding hydrogens is 1110 g/mol. The SMILES string of the molecule is CC(C)(C)OC(=O)N1CCCC[C@H]1c1nc(-c2ccc(C(=O)Nc3cc(Br)ccn3)cc2)c(C(N)=O)n1N.NC(=O)c1c(-c2ccc(C(=O)Nc3cc(Br)ccn3)cc2)nc([C@@H]2CCCCN2)n1N.O=CC(F)(F)F. The van der Waals surface area contributed by atoms with Gasteiger partial charge in [0.1, 0.15) is 34.4 Å². The van der Waals surface area contributed by atoms with Crippen LogP contribution in [0.4, 0.5) is 29.6 Å². The van der Waals surface area contributed by atoms with E-state index in [1.165, 1.54) is 4.68 Å². The summed E-state index contributed by atoms with van der Waals surface area (Å²) in [6, 6.07) is 19.7. The third-order valence-electron chi connectivity index (χ3n) is 11.3. The number of carbonyl (C=O) groups excluding carboxylic acids is 6. The number of primary amides is 2. The minimum absolute atomic E-state index is 0.00486. The highest BCUT2D eigenvalue weighted by atomic mass is 79.9. The van der Waals surface area contributed by atoms with Crippen LogP contribution in [0.3, 0.4) is 0 Å². The summed E-state index contributed by atoms with van der Waals surface area (Å²) < 4.78 is 40.9. The van der Waals surface area contributed by atoms with Gasteiger partial charge in [-0.3, -0.25) is 28.9 Å². The van der Waals surface area contributed by atoms with E-state index in [4.69, 9.17) is 32.7 Å². The lowest BCUT2D eigenvalue weighted by atomic mass is 10.0. The Morgan fingerprint density at radius 1 is 0.707 bits per heavy atom. The highest BCUT2D eigenvalue weighted by molar-refractivity contribution is 9.10. The van der Waals surface area contributed by atoms with Crippen LogP contribution in [0.5, 0.6) is 0 Å². The number of alkyl halides is 3. The maximum absolute atomic E-state index is 12.9. The van der Waals surface area contributed by atoms with Crippen molar-refractivity contribution in [1.29, 1.82) is 0 Å². The monoisotopic (exact) mass is 1160 g/mol. The van der Waals surface area contributed by atoms with Crippen molar-refractivity contribution < 1.29 is 46.7 Å². The number of hydrogen-bond donors (Lipinski definition) is 7. The van der Waals surface area contributed by atoms with E-state index in [2.05, 4.69) is 67.7 Å². The van der Waals surface area contributed by atoms with E-state index < -0.39 is 42.0 Å². The summed E-state index contributed by atoms with van der Waals surface area (Å²) in [6.45, 7) is 6.75. The number of nitrogens with two attached hydrogens (primary N) is 4. The summed E-state index contributed by atoms with van der Waals surface area (Å²) in [5.74, 6) is 12.2. The van der Waals surface area contributed by atoms with Gasteiger partial charge in [-0.25, -0.2) is 34.1 Å². The van der Waals surface area contributed by atoms with Crippen molar-refractivity contribution in [3.63, 3.8) is 0 Å². The van der Waals surface area contributed by atoms with Crippen molar-refractivity contribution >= 4 is 79.5 Å². The third kappa shape index (κ3) is 15.0. The molecule has 0 saturated carbocycles. The van der Waals surface area contributed by atoms with E-state index in [9.17, 15) is 37.1 Å². The van der Waals surface area contributed by atoms with Crippen LogP contribution >= 0.6 is 31.9 Å². The van der Waals surface area contributed by atoms with Crippen LogP contribution in [-0.2, 0) is 9.53 Å². The average molecular weight is 1170 g/mol. The van der Waals surface area contributed by atoms with Gasteiger partial charge in [-0.05, 0) is 108 Å². The van der Waals surface area contributed by atoms with Gasteiger partial charge >= 0.3 is 12.3 Å². The molecule has 6 aromatic rings. The van der Waals surface area contributed by atoms with Crippen molar-refractivity contribution in [2.45, 2.75) is 83.2 Å². The maximum atomic E-state index is 12.9. The number of ether oxygens (including phenoxy) is 1. The first kappa shape index (κ1) is 56.6. The highest BCUT2D eigenvalue weighted by Crippen LogP contribution is 2.35. The van der Waals surface area contributed by atoms with Gasteiger partial charge < -0.3 is 43.8 Å². The summed E-state index contributed by atoms with van der Waals surface area (Å²) in [7, 11) is 0. The molecule has 2 aliphatic heterocycles. The van der Waals surface area contributed by atoms with Gasteiger partial charge in [0.25, 0.3) is 23.6 Å². The molecule has 8 rings (SSSR count). The standard InChI is InChI=1S/C26H30BrN7O4.C21H22BrN7O2.C2HF3O/c1-26(2,3)38-25(37)33-13-5-4-6-18(33)23-32-20(21(22(28)35)34(23)29)15-7-9-16(10-8-15)24(36)31-19-14-17(27)11-12-30-19;22-14-8-10-26-16(11-14)27-21(31)13-6-4-12(5-7-13)17-18(19(23)30)29(24)20(28-17)15-3-1-2-9-25-15;3-2(4,5)1-6/h7-12,14,18H,4-6,13,29H2,1-3H3,(H2,28,35)(H,30,31,36);4-8,10-11,15,25H,1-3,9,24H2,(H2,23,30)(H,26,27,31);1H/t18-;15-;/m00./s1. The fraction of sp³-hybridized carbons (Fsp3) is 0.306. The van der Waals surface area contributed by atoms with Gasteiger partial charge in [-0.15, -0.1) is 0 Å². The van der Waals surface area contributed by atoms with Gasteiger partial charge in [-0.1, -0.05) is 62.5 Å². The fourth-order valence-corrected chi connectivity index (χ4v) is 8.62. The average Bonchev–Trinajstić information content (AvgIpc) is 3.91. The van der Waals surface area contributed by atoms with Crippen LogP contribution in [0.1, 0.15) is 125 Å². The zero-order valence-electron chi connectivity index (χ0n) is 40.7. The number of rotatable bonds is 10. The number of halogens is 5. The van der Waals surface area contributed by atoms with Crippen molar-refractivity contribution in [3.8, 4) is 22.5 Å². The minimum atomic E-state index is -4.64. The van der Waals surface area contributed by atoms with Crippen LogP contribution < -0.4 is 39.1 Å².